The molecule has 2 aromatic rings. The summed E-state index contributed by atoms with van der Waals surface area (Å²) in [5.74, 6) is 1.44. The van der Waals surface area contributed by atoms with E-state index in [0.29, 0.717) is 6.42 Å². The number of nitrogens with one attached hydrogen (secondary N) is 1. The minimum atomic E-state index is -0.578. The van der Waals surface area contributed by atoms with Gasteiger partial charge < -0.3 is 14.8 Å². The number of ether oxygens (including phenoxy) is 2. The van der Waals surface area contributed by atoms with Crippen molar-refractivity contribution in [2.24, 2.45) is 0 Å². The molecular weight excluding hydrogens is 338 g/mol. The second kappa shape index (κ2) is 7.26. The molecule has 0 saturated heterocycles. The molecule has 27 heavy (non-hydrogen) atoms. The van der Waals surface area contributed by atoms with Crippen molar-refractivity contribution >= 4 is 5.91 Å². The quantitative estimate of drug-likeness (QED) is 0.844. The number of carbonyl (C=O) groups excluding carboxylic acids is 1. The van der Waals surface area contributed by atoms with Crippen LogP contribution in [0.2, 0.25) is 0 Å². The molecule has 1 amide bonds. The average Bonchev–Trinajstić information content (AvgIpc) is 2.53. The Labute approximate surface area is 161 Å². The molecule has 0 aliphatic carbocycles. The molecule has 0 unspecified atom stereocenters. The lowest BCUT2D eigenvalue weighted by Gasteiger charge is -2.38. The lowest BCUT2D eigenvalue weighted by Crippen LogP contribution is -2.44. The van der Waals surface area contributed by atoms with E-state index in [1.54, 1.807) is 6.92 Å². The normalized spacial score (nSPS) is 18.8. The third kappa shape index (κ3) is 4.62. The Balaban J connectivity index is 1.76. The van der Waals surface area contributed by atoms with Crippen molar-refractivity contribution in [3.8, 4) is 11.5 Å². The molecule has 2 atom stereocenters. The van der Waals surface area contributed by atoms with Gasteiger partial charge in [-0.05, 0) is 70.9 Å². The van der Waals surface area contributed by atoms with Crippen LogP contribution in [0.25, 0.3) is 0 Å². The summed E-state index contributed by atoms with van der Waals surface area (Å²) in [5.41, 5.74) is 4.08. The van der Waals surface area contributed by atoms with Gasteiger partial charge in [-0.3, -0.25) is 4.79 Å². The van der Waals surface area contributed by atoms with E-state index in [1.165, 1.54) is 0 Å². The average molecular weight is 367 g/mol. The number of amides is 1. The third-order valence-electron chi connectivity index (χ3n) is 4.82. The van der Waals surface area contributed by atoms with E-state index < -0.39 is 6.10 Å². The monoisotopic (exact) mass is 367 g/mol. The predicted molar refractivity (Wildman–Crippen MR) is 107 cm³/mol. The van der Waals surface area contributed by atoms with Crippen LogP contribution >= 0.6 is 0 Å². The predicted octanol–water partition coefficient (Wildman–Crippen LogP) is 4.80. The number of hydrogen-bond donors (Lipinski definition) is 1. The topological polar surface area (TPSA) is 47.6 Å². The molecule has 4 nitrogen and oxygen atoms in total. The summed E-state index contributed by atoms with van der Waals surface area (Å²) in [5, 5.41) is 3.16. The number of carbonyl (C=O) groups is 1. The van der Waals surface area contributed by atoms with Crippen LogP contribution in [-0.4, -0.2) is 17.6 Å². The van der Waals surface area contributed by atoms with Gasteiger partial charge in [-0.2, -0.15) is 0 Å². The van der Waals surface area contributed by atoms with Crippen LogP contribution in [0.4, 0.5) is 0 Å². The molecule has 144 valence electrons. The highest BCUT2D eigenvalue weighted by atomic mass is 16.5. The van der Waals surface area contributed by atoms with Crippen LogP contribution in [-0.2, 0) is 4.79 Å². The number of fused-ring (bicyclic) bond motifs is 1. The zero-order valence-corrected chi connectivity index (χ0v) is 17.1. The summed E-state index contributed by atoms with van der Waals surface area (Å²) in [6.45, 7) is 12.0. The summed E-state index contributed by atoms with van der Waals surface area (Å²) in [6, 6.07) is 12.0. The fourth-order valence-electron chi connectivity index (χ4n) is 3.65. The van der Waals surface area contributed by atoms with Gasteiger partial charge in [0.15, 0.2) is 6.10 Å². The highest BCUT2D eigenvalue weighted by molar-refractivity contribution is 5.81. The second-order valence-electron chi connectivity index (χ2n) is 8.25. The van der Waals surface area contributed by atoms with Gasteiger partial charge in [-0.25, -0.2) is 0 Å². The van der Waals surface area contributed by atoms with Gasteiger partial charge in [-0.15, -0.1) is 0 Å². The van der Waals surface area contributed by atoms with Gasteiger partial charge in [0.1, 0.15) is 17.1 Å². The molecule has 0 radical (unpaired) electrons. The van der Waals surface area contributed by atoms with Crippen LogP contribution in [0.15, 0.2) is 36.4 Å². The summed E-state index contributed by atoms with van der Waals surface area (Å²) < 4.78 is 12.0. The first-order valence-corrected chi connectivity index (χ1v) is 9.48. The number of aryl methyl sites for hydroxylation is 3. The minimum absolute atomic E-state index is 0.0959. The van der Waals surface area contributed by atoms with Gasteiger partial charge in [0.2, 0.25) is 0 Å². The maximum atomic E-state index is 12.8. The second-order valence-corrected chi connectivity index (χ2v) is 8.25. The third-order valence-corrected chi connectivity index (χ3v) is 4.82. The number of rotatable bonds is 4. The first kappa shape index (κ1) is 19.3. The van der Waals surface area contributed by atoms with Gasteiger partial charge in [-0.1, -0.05) is 23.8 Å². The molecule has 3 rings (SSSR count). The minimum Gasteiger partial charge on any atom is -0.487 e. The van der Waals surface area contributed by atoms with E-state index >= 15 is 0 Å². The summed E-state index contributed by atoms with van der Waals surface area (Å²) >= 11 is 0. The van der Waals surface area contributed by atoms with Gasteiger partial charge in [0.05, 0.1) is 6.04 Å². The Morgan fingerprint density at radius 1 is 1.11 bits per heavy atom. The Hall–Kier alpha value is -2.49. The van der Waals surface area contributed by atoms with Crippen LogP contribution in [0.3, 0.4) is 0 Å². The molecule has 4 heteroatoms. The smallest absolute Gasteiger partial charge is 0.261 e. The molecule has 0 bridgehead atoms. The van der Waals surface area contributed by atoms with Crippen molar-refractivity contribution in [1.29, 1.82) is 0 Å². The van der Waals surface area contributed by atoms with Crippen molar-refractivity contribution in [1.82, 2.24) is 5.32 Å². The van der Waals surface area contributed by atoms with E-state index in [1.807, 2.05) is 58.9 Å². The fraction of sp³-hybridized carbons (Fsp3) is 0.435. The maximum Gasteiger partial charge on any atom is 0.261 e. The molecule has 1 aliphatic heterocycles. The Kier molecular flexibility index (Phi) is 5.18. The van der Waals surface area contributed by atoms with Crippen molar-refractivity contribution < 1.29 is 14.3 Å². The first-order valence-electron chi connectivity index (χ1n) is 9.48. The van der Waals surface area contributed by atoms with E-state index in [9.17, 15) is 4.79 Å². The van der Waals surface area contributed by atoms with Crippen molar-refractivity contribution in [2.45, 2.75) is 65.7 Å². The Bertz CT molecular complexity index is 836. The number of benzene rings is 2. The molecule has 0 aromatic heterocycles. The maximum absolute atomic E-state index is 12.8. The van der Waals surface area contributed by atoms with Crippen LogP contribution in [0.5, 0.6) is 11.5 Å². The Morgan fingerprint density at radius 2 is 1.78 bits per heavy atom. The van der Waals surface area contributed by atoms with Crippen LogP contribution < -0.4 is 14.8 Å². The fourth-order valence-corrected chi connectivity index (χ4v) is 3.65. The molecule has 2 aromatic carbocycles. The molecule has 0 spiro atoms. The molecule has 0 fully saturated rings. The van der Waals surface area contributed by atoms with E-state index in [4.69, 9.17) is 9.47 Å². The summed E-state index contributed by atoms with van der Waals surface area (Å²) in [7, 11) is 0. The standard InChI is InChI=1S/C23H29NO3/c1-14-7-8-21-19(12-14)20(13-23(5,6)27-21)24-22(25)17(4)26-18-10-15(2)9-16(3)11-18/h7-12,17,20H,13H2,1-6H3,(H,24,25)/t17-,20+/m1/s1. The van der Waals surface area contributed by atoms with Gasteiger partial charge in [0.25, 0.3) is 5.91 Å². The van der Waals surface area contributed by atoms with Crippen molar-refractivity contribution in [2.75, 3.05) is 0 Å². The largest absolute Gasteiger partial charge is 0.487 e. The molecular formula is C23H29NO3. The molecule has 1 heterocycles. The van der Waals surface area contributed by atoms with E-state index in [0.717, 1.165) is 33.8 Å². The zero-order valence-electron chi connectivity index (χ0n) is 17.1. The first-order chi connectivity index (χ1) is 12.6. The van der Waals surface area contributed by atoms with Crippen molar-refractivity contribution in [3.05, 3.63) is 58.7 Å². The van der Waals surface area contributed by atoms with Gasteiger partial charge in [0, 0.05) is 12.0 Å². The highest BCUT2D eigenvalue weighted by Crippen LogP contribution is 2.39. The SMILES string of the molecule is Cc1cc(C)cc(O[C@H](C)C(=O)N[C@H]2CC(C)(C)Oc3ccc(C)cc32)c1. The highest BCUT2D eigenvalue weighted by Gasteiger charge is 2.35. The van der Waals surface area contributed by atoms with Crippen LogP contribution in [0, 0.1) is 20.8 Å². The molecule has 1 N–H and O–H groups in total. The lowest BCUT2D eigenvalue weighted by molar-refractivity contribution is -0.128. The van der Waals surface area contributed by atoms with Crippen molar-refractivity contribution in [3.63, 3.8) is 0 Å². The van der Waals surface area contributed by atoms with E-state index in [2.05, 4.69) is 17.4 Å². The Morgan fingerprint density at radius 3 is 2.44 bits per heavy atom. The van der Waals surface area contributed by atoms with Crippen LogP contribution in [0.1, 0.15) is 55.5 Å². The number of hydrogen-bond acceptors (Lipinski definition) is 3. The lowest BCUT2D eigenvalue weighted by atomic mass is 9.89. The zero-order chi connectivity index (χ0) is 19.8. The summed E-state index contributed by atoms with van der Waals surface area (Å²) in [6.07, 6.45) is 0.135. The molecule has 1 aliphatic rings. The van der Waals surface area contributed by atoms with Gasteiger partial charge >= 0.3 is 0 Å². The summed E-state index contributed by atoms with van der Waals surface area (Å²) in [4.78, 5) is 12.8. The van der Waals surface area contributed by atoms with E-state index in [-0.39, 0.29) is 17.6 Å². The molecule has 0 saturated carbocycles.